The van der Waals surface area contributed by atoms with Crippen LogP contribution < -0.4 is 9.80 Å². The molecule has 0 unspecified atom stereocenters. The van der Waals surface area contributed by atoms with Crippen LogP contribution in [0.2, 0.25) is 0 Å². The Morgan fingerprint density at radius 2 is 1.88 bits per heavy atom. The average molecular weight is 347 g/mol. The molecule has 0 N–H and O–H groups in total. The van der Waals surface area contributed by atoms with Crippen LogP contribution in [0.25, 0.3) is 0 Å². The average Bonchev–Trinajstić information content (AvgIpc) is 3.02. The molecule has 0 aliphatic carbocycles. The topological polar surface area (TPSA) is 48.4 Å². The molecule has 0 radical (unpaired) electrons. The molecular weight excluding hydrogens is 320 g/mol. The third kappa shape index (κ3) is 4.02. The van der Waals surface area contributed by atoms with E-state index in [1.807, 2.05) is 25.9 Å². The first-order valence-electron chi connectivity index (χ1n) is 8.48. The molecule has 1 aliphatic heterocycles. The van der Waals surface area contributed by atoms with Gasteiger partial charge in [0.1, 0.15) is 5.82 Å². The van der Waals surface area contributed by atoms with Crippen LogP contribution in [0.4, 0.5) is 11.8 Å². The highest BCUT2D eigenvalue weighted by Crippen LogP contribution is 2.19. The first-order chi connectivity index (χ1) is 11.5. The number of aryl methyl sites for hydroxylation is 2. The number of hydrogen-bond donors (Lipinski definition) is 0. The fraction of sp³-hybridized carbons (Fsp3) is 0.588. The molecule has 2 aromatic rings. The third-order valence-electron chi connectivity index (χ3n) is 4.21. The third-order valence-corrected chi connectivity index (χ3v) is 5.25. The minimum absolute atomic E-state index is 0.780. The standard InChI is InChI=1S/C17H26N6S/c1-5-16-19-14(12-24-16)11-22-6-8-23(9-7-22)15-10-13(2)18-17(20-15)21(3)4/h10,12H,5-9,11H2,1-4H3. The van der Waals surface area contributed by atoms with Crippen molar-refractivity contribution in [1.82, 2.24) is 19.9 Å². The molecule has 24 heavy (non-hydrogen) atoms. The predicted molar refractivity (Wildman–Crippen MR) is 100 cm³/mol. The van der Waals surface area contributed by atoms with Crippen molar-refractivity contribution in [3.05, 3.63) is 27.8 Å². The molecular formula is C17H26N6S. The molecule has 130 valence electrons. The fourth-order valence-corrected chi connectivity index (χ4v) is 3.58. The number of thiazole rings is 1. The number of hydrogen-bond acceptors (Lipinski definition) is 7. The Kier molecular flexibility index (Phi) is 5.30. The Labute approximate surface area is 148 Å². The van der Waals surface area contributed by atoms with Crippen molar-refractivity contribution in [2.75, 3.05) is 50.1 Å². The fourth-order valence-electron chi connectivity index (χ4n) is 2.85. The van der Waals surface area contributed by atoms with Gasteiger partial charge in [0.15, 0.2) is 0 Å². The molecule has 3 rings (SSSR count). The normalized spacial score (nSPS) is 15.8. The van der Waals surface area contributed by atoms with Crippen molar-refractivity contribution >= 4 is 23.1 Å². The Bertz CT molecular complexity index is 675. The number of piperazine rings is 1. The lowest BCUT2D eigenvalue weighted by atomic mass is 10.3. The van der Waals surface area contributed by atoms with E-state index in [-0.39, 0.29) is 0 Å². The molecule has 0 aromatic carbocycles. The number of nitrogens with zero attached hydrogens (tertiary/aromatic N) is 6. The zero-order valence-electron chi connectivity index (χ0n) is 15.0. The maximum absolute atomic E-state index is 4.69. The van der Waals surface area contributed by atoms with Gasteiger partial charge in [-0.1, -0.05) is 6.92 Å². The van der Waals surface area contributed by atoms with Gasteiger partial charge in [0.05, 0.1) is 10.7 Å². The summed E-state index contributed by atoms with van der Waals surface area (Å²) in [5.41, 5.74) is 2.22. The number of rotatable bonds is 5. The van der Waals surface area contributed by atoms with Gasteiger partial charge in [-0.3, -0.25) is 4.90 Å². The Morgan fingerprint density at radius 1 is 1.12 bits per heavy atom. The minimum Gasteiger partial charge on any atom is -0.354 e. The first-order valence-corrected chi connectivity index (χ1v) is 9.36. The first kappa shape index (κ1) is 17.1. The van der Waals surface area contributed by atoms with Crippen molar-refractivity contribution in [2.24, 2.45) is 0 Å². The van der Waals surface area contributed by atoms with E-state index in [1.54, 1.807) is 11.3 Å². The monoisotopic (exact) mass is 346 g/mol. The smallest absolute Gasteiger partial charge is 0.226 e. The number of anilines is 2. The van der Waals surface area contributed by atoms with Gasteiger partial charge < -0.3 is 9.80 Å². The lowest BCUT2D eigenvalue weighted by Gasteiger charge is -2.35. The van der Waals surface area contributed by atoms with E-state index >= 15 is 0 Å². The van der Waals surface area contributed by atoms with Crippen molar-refractivity contribution in [3.63, 3.8) is 0 Å². The molecule has 6 nitrogen and oxygen atoms in total. The van der Waals surface area contributed by atoms with E-state index in [9.17, 15) is 0 Å². The van der Waals surface area contributed by atoms with Crippen LogP contribution in [-0.2, 0) is 13.0 Å². The van der Waals surface area contributed by atoms with Crippen LogP contribution in [0.1, 0.15) is 23.3 Å². The Balaban J connectivity index is 1.60. The highest BCUT2D eigenvalue weighted by molar-refractivity contribution is 7.09. The molecule has 2 aromatic heterocycles. The summed E-state index contributed by atoms with van der Waals surface area (Å²) >= 11 is 1.77. The SMILES string of the molecule is CCc1nc(CN2CCN(c3cc(C)nc(N(C)C)n3)CC2)cs1. The summed E-state index contributed by atoms with van der Waals surface area (Å²) in [4.78, 5) is 20.6. The van der Waals surface area contributed by atoms with E-state index in [4.69, 9.17) is 4.98 Å². The molecule has 0 amide bonds. The van der Waals surface area contributed by atoms with Crippen molar-refractivity contribution in [1.29, 1.82) is 0 Å². The van der Waals surface area contributed by atoms with Gasteiger partial charge >= 0.3 is 0 Å². The summed E-state index contributed by atoms with van der Waals surface area (Å²) in [6.45, 7) is 9.21. The molecule has 1 aliphatic rings. The summed E-state index contributed by atoms with van der Waals surface area (Å²) in [6.07, 6.45) is 1.03. The van der Waals surface area contributed by atoms with Crippen molar-refractivity contribution < 1.29 is 0 Å². The highest BCUT2D eigenvalue weighted by atomic mass is 32.1. The summed E-state index contributed by atoms with van der Waals surface area (Å²) in [5.74, 6) is 1.81. The van der Waals surface area contributed by atoms with Crippen molar-refractivity contribution in [3.8, 4) is 0 Å². The van der Waals surface area contributed by atoms with E-state index < -0.39 is 0 Å². The lowest BCUT2D eigenvalue weighted by molar-refractivity contribution is 0.247. The maximum atomic E-state index is 4.69. The van der Waals surface area contributed by atoms with Crippen LogP contribution in [-0.4, -0.2) is 60.1 Å². The van der Waals surface area contributed by atoms with Crippen LogP contribution in [0, 0.1) is 6.92 Å². The minimum atomic E-state index is 0.780. The van der Waals surface area contributed by atoms with Gasteiger partial charge in [-0.2, -0.15) is 4.98 Å². The quantitative estimate of drug-likeness (QED) is 0.827. The van der Waals surface area contributed by atoms with Gasteiger partial charge in [-0.25, -0.2) is 9.97 Å². The molecule has 1 saturated heterocycles. The largest absolute Gasteiger partial charge is 0.354 e. The summed E-state index contributed by atoms with van der Waals surface area (Å²) in [5, 5.41) is 3.43. The molecule has 3 heterocycles. The second-order valence-corrected chi connectivity index (χ2v) is 7.35. The van der Waals surface area contributed by atoms with E-state index in [2.05, 4.69) is 38.1 Å². The van der Waals surface area contributed by atoms with Crippen LogP contribution in [0.5, 0.6) is 0 Å². The molecule has 0 bridgehead atoms. The Morgan fingerprint density at radius 3 is 2.50 bits per heavy atom. The highest BCUT2D eigenvalue weighted by Gasteiger charge is 2.20. The second-order valence-electron chi connectivity index (χ2n) is 6.41. The molecule has 0 spiro atoms. The molecule has 7 heteroatoms. The van der Waals surface area contributed by atoms with Crippen molar-refractivity contribution in [2.45, 2.75) is 26.8 Å². The number of aromatic nitrogens is 3. The molecule has 0 atom stereocenters. The zero-order chi connectivity index (χ0) is 17.1. The van der Waals surface area contributed by atoms with E-state index in [1.165, 1.54) is 10.7 Å². The summed E-state index contributed by atoms with van der Waals surface area (Å²) in [6, 6.07) is 2.08. The zero-order valence-corrected chi connectivity index (χ0v) is 15.8. The maximum Gasteiger partial charge on any atom is 0.226 e. The van der Waals surface area contributed by atoms with E-state index in [0.29, 0.717) is 0 Å². The van der Waals surface area contributed by atoms with Gasteiger partial charge in [0.2, 0.25) is 5.95 Å². The van der Waals surface area contributed by atoms with E-state index in [0.717, 1.165) is 56.6 Å². The van der Waals surface area contributed by atoms with Crippen LogP contribution >= 0.6 is 11.3 Å². The lowest BCUT2D eigenvalue weighted by Crippen LogP contribution is -2.46. The van der Waals surface area contributed by atoms with Gasteiger partial charge in [0, 0.05) is 64.0 Å². The Hall–Kier alpha value is -1.73. The van der Waals surface area contributed by atoms with Gasteiger partial charge in [-0.15, -0.1) is 11.3 Å². The second kappa shape index (κ2) is 7.44. The predicted octanol–water partition coefficient (Wildman–Crippen LogP) is 2.19. The van der Waals surface area contributed by atoms with Gasteiger partial charge in [0.25, 0.3) is 0 Å². The van der Waals surface area contributed by atoms with Crippen LogP contribution in [0.3, 0.4) is 0 Å². The molecule has 0 saturated carbocycles. The van der Waals surface area contributed by atoms with Gasteiger partial charge in [-0.05, 0) is 13.3 Å². The summed E-state index contributed by atoms with van der Waals surface area (Å²) < 4.78 is 0. The molecule has 1 fully saturated rings. The van der Waals surface area contributed by atoms with Crippen LogP contribution in [0.15, 0.2) is 11.4 Å². The summed E-state index contributed by atoms with van der Waals surface area (Å²) in [7, 11) is 3.96.